The van der Waals surface area contributed by atoms with Crippen molar-refractivity contribution < 1.29 is 17.5 Å². The molecule has 2 rings (SSSR count). The molecule has 1 aliphatic heterocycles. The summed E-state index contributed by atoms with van der Waals surface area (Å²) in [7, 11) is -3.64. The van der Waals surface area contributed by atoms with Crippen LogP contribution >= 0.6 is 15.9 Å². The molecule has 23 heavy (non-hydrogen) atoms. The molecule has 1 fully saturated rings. The molecule has 0 saturated carbocycles. The van der Waals surface area contributed by atoms with Gasteiger partial charge in [-0.25, -0.2) is 17.5 Å². The number of nitrogens with one attached hydrogen (secondary N) is 1. The van der Waals surface area contributed by atoms with Crippen LogP contribution in [0.2, 0.25) is 0 Å². The number of sulfonamides is 1. The van der Waals surface area contributed by atoms with Gasteiger partial charge < -0.3 is 4.74 Å². The van der Waals surface area contributed by atoms with E-state index in [4.69, 9.17) is 4.74 Å². The van der Waals surface area contributed by atoms with Crippen molar-refractivity contribution in [2.75, 3.05) is 26.2 Å². The van der Waals surface area contributed by atoms with Crippen LogP contribution in [0.15, 0.2) is 27.6 Å². The summed E-state index contributed by atoms with van der Waals surface area (Å²) in [5, 5.41) is 0. The van der Waals surface area contributed by atoms with Crippen LogP contribution in [0.5, 0.6) is 0 Å². The first-order valence-electron chi connectivity index (χ1n) is 7.60. The molecule has 130 valence electrons. The van der Waals surface area contributed by atoms with E-state index in [0.29, 0.717) is 13.0 Å². The molecule has 1 aliphatic rings. The van der Waals surface area contributed by atoms with Gasteiger partial charge in [-0.3, -0.25) is 4.90 Å². The molecule has 0 aliphatic carbocycles. The molecular formula is C15H22BrFN2O3S. The number of nitrogens with zero attached hydrogens (tertiary/aromatic N) is 1. The first-order valence-corrected chi connectivity index (χ1v) is 9.88. The smallest absolute Gasteiger partial charge is 0.241 e. The highest BCUT2D eigenvalue weighted by atomic mass is 79.9. The van der Waals surface area contributed by atoms with Gasteiger partial charge in [0.05, 0.1) is 17.1 Å². The molecule has 8 heteroatoms. The molecule has 5 nitrogen and oxygen atoms in total. The van der Waals surface area contributed by atoms with E-state index in [-0.39, 0.29) is 21.6 Å². The Morgan fingerprint density at radius 3 is 2.61 bits per heavy atom. The number of hydrogen-bond donors (Lipinski definition) is 1. The third-order valence-electron chi connectivity index (χ3n) is 3.62. The van der Waals surface area contributed by atoms with Gasteiger partial charge in [0, 0.05) is 24.1 Å². The van der Waals surface area contributed by atoms with E-state index >= 15 is 0 Å². The molecule has 1 aromatic rings. The second-order valence-electron chi connectivity index (χ2n) is 5.84. The molecule has 2 unspecified atom stereocenters. The van der Waals surface area contributed by atoms with Gasteiger partial charge in [0.25, 0.3) is 0 Å². The minimum atomic E-state index is -3.64. The molecular weight excluding hydrogens is 387 g/mol. The highest BCUT2D eigenvalue weighted by Gasteiger charge is 2.22. The Morgan fingerprint density at radius 1 is 1.35 bits per heavy atom. The van der Waals surface area contributed by atoms with E-state index in [2.05, 4.69) is 25.6 Å². The van der Waals surface area contributed by atoms with Gasteiger partial charge in [-0.05, 0) is 60.9 Å². The Hall–Kier alpha value is -0.540. The molecule has 0 bridgehead atoms. The summed E-state index contributed by atoms with van der Waals surface area (Å²) in [5.74, 6) is -0.480. The number of halogens is 2. The summed E-state index contributed by atoms with van der Waals surface area (Å²) in [4.78, 5) is 2.33. The number of morpholine rings is 1. The van der Waals surface area contributed by atoms with Crippen LogP contribution in [0, 0.1) is 5.82 Å². The van der Waals surface area contributed by atoms with Gasteiger partial charge in [0.2, 0.25) is 10.0 Å². The van der Waals surface area contributed by atoms with E-state index in [9.17, 15) is 12.8 Å². The fourth-order valence-corrected chi connectivity index (χ4v) is 4.87. The zero-order valence-corrected chi connectivity index (χ0v) is 15.7. The minimum Gasteiger partial charge on any atom is -0.373 e. The Balaban J connectivity index is 1.83. The standard InChI is InChI=1S/C15H22BrFN2O3S/c1-11-9-19(10-12(2)22-11)7-3-6-18-23(20,21)15-5-4-13(17)8-14(15)16/h4-5,8,11-12,18H,3,6-7,9-10H2,1-2H3. The fraction of sp³-hybridized carbons (Fsp3) is 0.600. The van der Waals surface area contributed by atoms with Crippen LogP contribution in [-0.4, -0.2) is 51.7 Å². The van der Waals surface area contributed by atoms with Crippen LogP contribution in [0.1, 0.15) is 20.3 Å². The van der Waals surface area contributed by atoms with Gasteiger partial charge in [-0.15, -0.1) is 0 Å². The van der Waals surface area contributed by atoms with E-state index in [1.54, 1.807) is 0 Å². The lowest BCUT2D eigenvalue weighted by Gasteiger charge is -2.35. The monoisotopic (exact) mass is 408 g/mol. The molecule has 0 amide bonds. The minimum absolute atomic E-state index is 0.0486. The Morgan fingerprint density at radius 2 is 2.00 bits per heavy atom. The second kappa shape index (κ2) is 8.02. The zero-order chi connectivity index (χ0) is 17.0. The van der Waals surface area contributed by atoms with Crippen molar-refractivity contribution in [2.45, 2.75) is 37.4 Å². The third-order valence-corrected chi connectivity index (χ3v) is 6.06. The van der Waals surface area contributed by atoms with E-state index < -0.39 is 15.8 Å². The van der Waals surface area contributed by atoms with E-state index in [1.165, 1.54) is 6.07 Å². The van der Waals surface area contributed by atoms with Crippen molar-refractivity contribution in [3.63, 3.8) is 0 Å². The summed E-state index contributed by atoms with van der Waals surface area (Å²) in [6.45, 7) is 6.95. The SMILES string of the molecule is CC1CN(CCCNS(=O)(=O)c2ccc(F)cc2Br)CC(C)O1. The zero-order valence-electron chi connectivity index (χ0n) is 13.3. The normalized spacial score (nSPS) is 23.1. The van der Waals surface area contributed by atoms with Crippen LogP contribution < -0.4 is 4.72 Å². The lowest BCUT2D eigenvalue weighted by atomic mass is 10.2. The Kier molecular flexibility index (Phi) is 6.56. The molecule has 2 atom stereocenters. The molecule has 1 heterocycles. The van der Waals surface area contributed by atoms with E-state index in [1.807, 2.05) is 13.8 Å². The number of ether oxygens (including phenoxy) is 1. The Labute approximate surface area is 145 Å². The first-order chi connectivity index (χ1) is 10.8. The van der Waals surface area contributed by atoms with Gasteiger partial charge in [-0.1, -0.05) is 0 Å². The highest BCUT2D eigenvalue weighted by molar-refractivity contribution is 9.10. The molecule has 1 saturated heterocycles. The van der Waals surface area contributed by atoms with Gasteiger partial charge in [0.1, 0.15) is 5.82 Å². The lowest BCUT2D eigenvalue weighted by Crippen LogP contribution is -2.46. The maximum absolute atomic E-state index is 13.1. The van der Waals surface area contributed by atoms with Crippen LogP contribution in [0.4, 0.5) is 4.39 Å². The van der Waals surface area contributed by atoms with Crippen LogP contribution in [-0.2, 0) is 14.8 Å². The van der Waals surface area contributed by atoms with E-state index in [0.717, 1.165) is 31.8 Å². The summed E-state index contributed by atoms with van der Waals surface area (Å²) < 4.78 is 45.9. The molecule has 0 aromatic heterocycles. The van der Waals surface area contributed by atoms with Gasteiger partial charge in [0.15, 0.2) is 0 Å². The quantitative estimate of drug-likeness (QED) is 0.733. The largest absolute Gasteiger partial charge is 0.373 e. The van der Waals surface area contributed by atoms with Crippen molar-refractivity contribution in [3.8, 4) is 0 Å². The molecule has 1 aromatic carbocycles. The maximum atomic E-state index is 13.1. The van der Waals surface area contributed by atoms with Crippen LogP contribution in [0.25, 0.3) is 0 Å². The number of benzene rings is 1. The molecule has 0 spiro atoms. The molecule has 0 radical (unpaired) electrons. The summed E-state index contributed by atoms with van der Waals surface area (Å²) in [5.41, 5.74) is 0. The summed E-state index contributed by atoms with van der Waals surface area (Å²) in [6.07, 6.45) is 1.11. The molecule has 1 N–H and O–H groups in total. The van der Waals surface area contributed by atoms with Gasteiger partial charge >= 0.3 is 0 Å². The summed E-state index contributed by atoms with van der Waals surface area (Å²) >= 11 is 3.09. The first kappa shape index (κ1) is 18.8. The lowest BCUT2D eigenvalue weighted by molar-refractivity contribution is -0.0679. The van der Waals surface area contributed by atoms with Crippen molar-refractivity contribution >= 4 is 26.0 Å². The predicted molar refractivity (Wildman–Crippen MR) is 90.4 cm³/mol. The van der Waals surface area contributed by atoms with Crippen molar-refractivity contribution in [2.24, 2.45) is 0 Å². The number of hydrogen-bond acceptors (Lipinski definition) is 4. The van der Waals surface area contributed by atoms with Gasteiger partial charge in [-0.2, -0.15) is 0 Å². The topological polar surface area (TPSA) is 58.6 Å². The average Bonchev–Trinajstić information content (AvgIpc) is 2.42. The fourth-order valence-electron chi connectivity index (χ4n) is 2.75. The van der Waals surface area contributed by atoms with Crippen molar-refractivity contribution in [3.05, 3.63) is 28.5 Å². The average molecular weight is 409 g/mol. The highest BCUT2D eigenvalue weighted by Crippen LogP contribution is 2.22. The predicted octanol–water partition coefficient (Wildman–Crippen LogP) is 2.37. The van der Waals surface area contributed by atoms with Crippen LogP contribution in [0.3, 0.4) is 0 Å². The summed E-state index contributed by atoms with van der Waals surface area (Å²) in [6, 6.07) is 3.54. The van der Waals surface area contributed by atoms with Crippen molar-refractivity contribution in [1.29, 1.82) is 0 Å². The Bertz CT molecular complexity index is 632. The van der Waals surface area contributed by atoms with Crippen molar-refractivity contribution in [1.82, 2.24) is 9.62 Å². The number of rotatable bonds is 6. The second-order valence-corrected chi connectivity index (χ2v) is 8.43. The maximum Gasteiger partial charge on any atom is 0.241 e. The third kappa shape index (κ3) is 5.49.